The van der Waals surface area contributed by atoms with Gasteiger partial charge in [0.25, 0.3) is 11.8 Å². The Morgan fingerprint density at radius 2 is 2.32 bits per heavy atom. The molecule has 1 aliphatic heterocycles. The fraction of sp³-hybridized carbons (Fsp3) is 0.500. The lowest BCUT2D eigenvalue weighted by Gasteiger charge is -2.29. The molecule has 2 heterocycles. The number of amides is 2. The largest absolute Gasteiger partial charge is 0.366 e. The summed E-state index contributed by atoms with van der Waals surface area (Å²) in [6.45, 7) is 3.77. The smallest absolute Gasteiger partial charge is 0.258 e. The van der Waals surface area contributed by atoms with E-state index >= 15 is 0 Å². The third kappa shape index (κ3) is 3.31. The fourth-order valence-corrected chi connectivity index (χ4v) is 2.70. The molecular weight excluding hydrogens is 266 g/mol. The molecule has 19 heavy (non-hydrogen) atoms. The minimum absolute atomic E-state index is 0.191. The third-order valence-corrected chi connectivity index (χ3v) is 4.05. The molecule has 104 valence electrons. The van der Waals surface area contributed by atoms with E-state index in [0.717, 1.165) is 11.4 Å². The van der Waals surface area contributed by atoms with Gasteiger partial charge in [0.2, 0.25) is 0 Å². The number of anilines is 1. The Balaban J connectivity index is 2.04. The second kappa shape index (κ2) is 5.68. The second-order valence-corrected chi connectivity index (χ2v) is 5.81. The van der Waals surface area contributed by atoms with Gasteiger partial charge < -0.3 is 20.7 Å². The van der Waals surface area contributed by atoms with Crippen LogP contribution in [0.25, 0.3) is 0 Å². The first-order valence-corrected chi connectivity index (χ1v) is 6.80. The van der Waals surface area contributed by atoms with Crippen molar-refractivity contribution < 1.29 is 14.3 Å². The van der Waals surface area contributed by atoms with Gasteiger partial charge in [0.1, 0.15) is 6.10 Å². The van der Waals surface area contributed by atoms with Crippen molar-refractivity contribution in [2.24, 2.45) is 5.73 Å². The van der Waals surface area contributed by atoms with Crippen LogP contribution in [-0.4, -0.2) is 49.6 Å². The minimum Gasteiger partial charge on any atom is -0.366 e. The molecule has 0 saturated carbocycles. The number of nitrogens with two attached hydrogens (primary N) is 1. The minimum atomic E-state index is -0.484. The number of thiophene rings is 1. The van der Waals surface area contributed by atoms with Crippen LogP contribution in [0.1, 0.15) is 14.5 Å². The zero-order valence-corrected chi connectivity index (χ0v) is 11.8. The number of hydrogen-bond acceptors (Lipinski definition) is 5. The Morgan fingerprint density at radius 3 is 2.89 bits per heavy atom. The Hall–Kier alpha value is -1.44. The monoisotopic (exact) mass is 283 g/mol. The van der Waals surface area contributed by atoms with Gasteiger partial charge in [0.15, 0.2) is 0 Å². The van der Waals surface area contributed by atoms with Crippen molar-refractivity contribution in [3.63, 3.8) is 0 Å². The van der Waals surface area contributed by atoms with Crippen LogP contribution in [0.5, 0.6) is 0 Å². The van der Waals surface area contributed by atoms with E-state index in [4.69, 9.17) is 10.5 Å². The zero-order chi connectivity index (χ0) is 14.0. The zero-order valence-electron chi connectivity index (χ0n) is 10.9. The molecule has 1 unspecified atom stereocenters. The molecule has 2 rings (SSSR count). The lowest BCUT2D eigenvalue weighted by molar-refractivity contribution is -0.132. The van der Waals surface area contributed by atoms with Crippen molar-refractivity contribution in [2.45, 2.75) is 13.0 Å². The van der Waals surface area contributed by atoms with Crippen LogP contribution in [0.2, 0.25) is 0 Å². The van der Waals surface area contributed by atoms with Gasteiger partial charge in [-0.3, -0.25) is 9.59 Å². The van der Waals surface area contributed by atoms with E-state index in [1.807, 2.05) is 18.9 Å². The molecular formula is C12H17N3O3S. The molecule has 0 radical (unpaired) electrons. The quantitative estimate of drug-likeness (QED) is 0.842. The molecule has 7 heteroatoms. The van der Waals surface area contributed by atoms with Crippen molar-refractivity contribution in [1.29, 1.82) is 0 Å². The summed E-state index contributed by atoms with van der Waals surface area (Å²) in [5.41, 5.74) is 5.84. The Morgan fingerprint density at radius 1 is 1.58 bits per heavy atom. The number of primary amides is 1. The van der Waals surface area contributed by atoms with Gasteiger partial charge in [0.05, 0.1) is 17.2 Å². The highest BCUT2D eigenvalue weighted by Crippen LogP contribution is 2.26. The van der Waals surface area contributed by atoms with Crippen molar-refractivity contribution in [2.75, 3.05) is 32.1 Å². The number of aryl methyl sites for hydroxylation is 1. The number of morpholine rings is 1. The summed E-state index contributed by atoms with van der Waals surface area (Å²) in [5.74, 6) is -0.675. The van der Waals surface area contributed by atoms with E-state index in [9.17, 15) is 9.59 Å². The maximum Gasteiger partial charge on any atom is 0.258 e. The van der Waals surface area contributed by atoms with E-state index in [0.29, 0.717) is 23.7 Å². The van der Waals surface area contributed by atoms with Crippen molar-refractivity contribution in [3.8, 4) is 0 Å². The number of ether oxygens (including phenoxy) is 1. The third-order valence-electron chi connectivity index (χ3n) is 2.98. The molecule has 0 spiro atoms. The molecule has 6 nitrogen and oxygen atoms in total. The molecule has 2 amide bonds. The van der Waals surface area contributed by atoms with E-state index in [1.165, 1.54) is 11.3 Å². The van der Waals surface area contributed by atoms with Gasteiger partial charge in [-0.25, -0.2) is 0 Å². The predicted octanol–water partition coefficient (Wildman–Crippen LogP) is 0.425. The predicted molar refractivity (Wildman–Crippen MR) is 73.4 cm³/mol. The summed E-state index contributed by atoms with van der Waals surface area (Å²) in [7, 11) is 1.95. The molecule has 0 aromatic carbocycles. The first-order chi connectivity index (χ1) is 8.97. The standard InChI is InChI=1S/C12H17N3O3S/c1-7-8(5-10(19-7)11(13)16)14-12(17)9-6-15(2)3-4-18-9/h5,9H,3-4,6H2,1-2H3,(H2,13,16)(H,14,17). The average Bonchev–Trinajstić information content (AvgIpc) is 2.71. The van der Waals surface area contributed by atoms with E-state index in [-0.39, 0.29) is 5.91 Å². The average molecular weight is 283 g/mol. The molecule has 3 N–H and O–H groups in total. The van der Waals surface area contributed by atoms with Gasteiger partial charge in [-0.2, -0.15) is 0 Å². The second-order valence-electron chi connectivity index (χ2n) is 4.56. The topological polar surface area (TPSA) is 84.7 Å². The first kappa shape index (κ1) is 14.0. The Labute approximate surface area is 115 Å². The van der Waals surface area contributed by atoms with Gasteiger partial charge >= 0.3 is 0 Å². The maximum absolute atomic E-state index is 12.1. The molecule has 1 aromatic heterocycles. The van der Waals surface area contributed by atoms with Crippen LogP contribution in [-0.2, 0) is 9.53 Å². The highest BCUT2D eigenvalue weighted by molar-refractivity contribution is 7.14. The number of likely N-dealkylation sites (N-methyl/N-ethyl adjacent to an activating group) is 1. The number of carbonyl (C=O) groups is 2. The highest BCUT2D eigenvalue weighted by atomic mass is 32.1. The lowest BCUT2D eigenvalue weighted by atomic mass is 10.2. The van der Waals surface area contributed by atoms with Crippen LogP contribution in [0.4, 0.5) is 5.69 Å². The van der Waals surface area contributed by atoms with Crippen LogP contribution >= 0.6 is 11.3 Å². The van der Waals surface area contributed by atoms with Crippen LogP contribution in [0.15, 0.2) is 6.07 Å². The Kier molecular flexibility index (Phi) is 4.18. The van der Waals surface area contributed by atoms with Gasteiger partial charge in [-0.15, -0.1) is 11.3 Å². The summed E-state index contributed by atoms with van der Waals surface area (Å²) in [6, 6.07) is 1.60. The van der Waals surface area contributed by atoms with Crippen LogP contribution < -0.4 is 11.1 Å². The number of nitrogens with one attached hydrogen (secondary N) is 1. The van der Waals surface area contributed by atoms with E-state index in [2.05, 4.69) is 5.32 Å². The lowest BCUT2D eigenvalue weighted by Crippen LogP contribution is -2.46. The summed E-state index contributed by atoms with van der Waals surface area (Å²) < 4.78 is 5.43. The molecule has 1 saturated heterocycles. The first-order valence-electron chi connectivity index (χ1n) is 5.98. The van der Waals surface area contributed by atoms with Gasteiger partial charge in [-0.05, 0) is 20.0 Å². The highest BCUT2D eigenvalue weighted by Gasteiger charge is 2.25. The molecule has 1 atom stereocenters. The number of hydrogen-bond donors (Lipinski definition) is 2. The normalized spacial score (nSPS) is 20.2. The SMILES string of the molecule is Cc1sc(C(N)=O)cc1NC(=O)C1CN(C)CCO1. The summed E-state index contributed by atoms with van der Waals surface area (Å²) in [5, 5.41) is 2.79. The molecule has 1 aromatic rings. The van der Waals surface area contributed by atoms with Crippen molar-refractivity contribution in [1.82, 2.24) is 4.90 Å². The molecule has 1 aliphatic rings. The van der Waals surface area contributed by atoms with Crippen LogP contribution in [0.3, 0.4) is 0 Å². The van der Waals surface area contributed by atoms with Crippen molar-refractivity contribution in [3.05, 3.63) is 15.8 Å². The summed E-state index contributed by atoms with van der Waals surface area (Å²) in [6.07, 6.45) is -0.477. The van der Waals surface area contributed by atoms with Gasteiger partial charge in [-0.1, -0.05) is 0 Å². The molecule has 0 aliphatic carbocycles. The maximum atomic E-state index is 12.1. The van der Waals surface area contributed by atoms with Gasteiger partial charge in [0, 0.05) is 18.0 Å². The number of nitrogens with zero attached hydrogens (tertiary/aromatic N) is 1. The Bertz CT molecular complexity index is 500. The van der Waals surface area contributed by atoms with E-state index in [1.54, 1.807) is 6.07 Å². The number of carbonyl (C=O) groups excluding carboxylic acids is 2. The van der Waals surface area contributed by atoms with Crippen molar-refractivity contribution >= 4 is 28.8 Å². The molecule has 1 fully saturated rings. The molecule has 0 bridgehead atoms. The summed E-state index contributed by atoms with van der Waals surface area (Å²) in [4.78, 5) is 26.5. The van der Waals surface area contributed by atoms with Crippen LogP contribution in [0, 0.1) is 6.92 Å². The van der Waals surface area contributed by atoms with E-state index < -0.39 is 12.0 Å². The summed E-state index contributed by atoms with van der Waals surface area (Å²) >= 11 is 1.27. The number of rotatable bonds is 3. The fourth-order valence-electron chi connectivity index (χ4n) is 1.88.